The van der Waals surface area contributed by atoms with Gasteiger partial charge in [0, 0.05) is 0 Å². The number of rotatable bonds is 3. The Morgan fingerprint density at radius 2 is 1.83 bits per heavy atom. The first kappa shape index (κ1) is 21.1. The van der Waals surface area contributed by atoms with E-state index in [1.54, 1.807) is 26.0 Å². The number of ether oxygens (including phenoxy) is 2. The van der Waals surface area contributed by atoms with Gasteiger partial charge in [-0.15, -0.1) is 0 Å². The van der Waals surface area contributed by atoms with Crippen LogP contribution in [0.4, 0.5) is 13.2 Å². The third-order valence-electron chi connectivity index (χ3n) is 4.69. The van der Waals surface area contributed by atoms with Crippen molar-refractivity contribution in [3.05, 3.63) is 56.9 Å². The molecule has 1 fully saturated rings. The van der Waals surface area contributed by atoms with Crippen molar-refractivity contribution in [2.75, 3.05) is 6.61 Å². The van der Waals surface area contributed by atoms with Crippen LogP contribution in [0.15, 0.2) is 29.1 Å². The van der Waals surface area contributed by atoms with Crippen molar-refractivity contribution in [3.63, 3.8) is 0 Å². The second-order valence-corrected chi connectivity index (χ2v) is 7.67. The summed E-state index contributed by atoms with van der Waals surface area (Å²) in [5.74, 6) is -0.849. The molecule has 0 amide bonds. The van der Waals surface area contributed by atoms with Gasteiger partial charge in [0.15, 0.2) is 5.79 Å². The van der Waals surface area contributed by atoms with E-state index in [1.807, 2.05) is 19.9 Å². The first-order valence-corrected chi connectivity index (χ1v) is 9.07. The molecule has 154 valence electrons. The molecule has 29 heavy (non-hydrogen) atoms. The van der Waals surface area contributed by atoms with Gasteiger partial charge in [-0.05, 0) is 51.5 Å². The van der Waals surface area contributed by atoms with E-state index in [9.17, 15) is 23.2 Å². The smallest absolute Gasteiger partial charge is 0.348 e. The number of aryl methyl sites for hydroxylation is 2. The minimum Gasteiger partial charge on any atom is -0.348 e. The molecule has 0 aliphatic carbocycles. The number of nitrogens with zero attached hydrogens (tertiary/aromatic N) is 2. The highest BCUT2D eigenvalue weighted by molar-refractivity contribution is 5.64. The standard InChI is InChI=1S/C21H21F3N2O3/c1-12-5-13(2)7-14(6-12)18-8-17(21(22,23)24)16(9-25)19(27)26(18)10-15-11-28-20(3,4)29-15/h5-8,15H,10-11H2,1-4H3. The van der Waals surface area contributed by atoms with Crippen LogP contribution in [0.3, 0.4) is 0 Å². The Morgan fingerprint density at radius 3 is 2.31 bits per heavy atom. The van der Waals surface area contributed by atoms with Gasteiger partial charge in [-0.1, -0.05) is 17.2 Å². The fourth-order valence-corrected chi connectivity index (χ4v) is 3.58. The molecule has 2 aromatic rings. The summed E-state index contributed by atoms with van der Waals surface area (Å²) < 4.78 is 53.1. The molecule has 1 aliphatic rings. The fraction of sp³-hybridized carbons (Fsp3) is 0.429. The summed E-state index contributed by atoms with van der Waals surface area (Å²) in [6.07, 6.45) is -5.36. The van der Waals surface area contributed by atoms with Gasteiger partial charge in [0.05, 0.1) is 24.4 Å². The molecular weight excluding hydrogens is 385 g/mol. The maximum atomic E-state index is 13.6. The first-order chi connectivity index (χ1) is 13.4. The van der Waals surface area contributed by atoms with E-state index in [0.29, 0.717) is 5.56 Å². The highest BCUT2D eigenvalue weighted by Crippen LogP contribution is 2.34. The van der Waals surface area contributed by atoms with Crippen LogP contribution in [0.5, 0.6) is 0 Å². The predicted octanol–water partition coefficient (Wildman–Crippen LogP) is 4.17. The van der Waals surface area contributed by atoms with Crippen molar-refractivity contribution in [1.29, 1.82) is 5.26 Å². The molecule has 8 heteroatoms. The minimum absolute atomic E-state index is 0.0304. The highest BCUT2D eigenvalue weighted by atomic mass is 19.4. The molecule has 0 saturated carbocycles. The molecule has 0 radical (unpaired) electrons. The van der Waals surface area contributed by atoms with E-state index in [-0.39, 0.29) is 18.8 Å². The lowest BCUT2D eigenvalue weighted by atomic mass is 10.0. The van der Waals surface area contributed by atoms with Crippen molar-refractivity contribution in [2.24, 2.45) is 0 Å². The Bertz CT molecular complexity index is 1030. The van der Waals surface area contributed by atoms with E-state index in [2.05, 4.69) is 0 Å². The highest BCUT2D eigenvalue weighted by Gasteiger charge is 2.38. The van der Waals surface area contributed by atoms with Crippen LogP contribution < -0.4 is 5.56 Å². The second-order valence-electron chi connectivity index (χ2n) is 7.67. The van der Waals surface area contributed by atoms with E-state index in [1.165, 1.54) is 10.6 Å². The van der Waals surface area contributed by atoms with Crippen LogP contribution in [0.25, 0.3) is 11.3 Å². The van der Waals surface area contributed by atoms with E-state index in [4.69, 9.17) is 9.47 Å². The van der Waals surface area contributed by atoms with Gasteiger partial charge < -0.3 is 14.0 Å². The lowest BCUT2D eigenvalue weighted by Crippen LogP contribution is -2.33. The zero-order valence-corrected chi connectivity index (χ0v) is 16.6. The van der Waals surface area contributed by atoms with Crippen LogP contribution in [0, 0.1) is 25.2 Å². The number of hydrogen-bond donors (Lipinski definition) is 0. The topological polar surface area (TPSA) is 64.2 Å². The minimum atomic E-state index is -4.83. The number of benzene rings is 1. The third-order valence-corrected chi connectivity index (χ3v) is 4.69. The van der Waals surface area contributed by atoms with Gasteiger partial charge in [-0.25, -0.2) is 0 Å². The Hall–Kier alpha value is -2.63. The molecule has 1 unspecified atom stereocenters. The number of halogens is 3. The van der Waals surface area contributed by atoms with Gasteiger partial charge in [-0.3, -0.25) is 4.79 Å². The quantitative estimate of drug-likeness (QED) is 0.767. The Balaban J connectivity index is 2.24. The van der Waals surface area contributed by atoms with E-state index in [0.717, 1.165) is 17.2 Å². The van der Waals surface area contributed by atoms with Crippen molar-refractivity contribution in [2.45, 2.75) is 52.3 Å². The Kier molecular flexibility index (Phi) is 5.32. The van der Waals surface area contributed by atoms with E-state index >= 15 is 0 Å². The molecule has 1 aliphatic heterocycles. The predicted molar refractivity (Wildman–Crippen MR) is 100 cm³/mol. The molecular formula is C21H21F3N2O3. The molecule has 1 aromatic heterocycles. The van der Waals surface area contributed by atoms with Crippen molar-refractivity contribution in [1.82, 2.24) is 4.57 Å². The fourth-order valence-electron chi connectivity index (χ4n) is 3.58. The maximum Gasteiger partial charge on any atom is 0.417 e. The summed E-state index contributed by atoms with van der Waals surface area (Å²) in [6.45, 7) is 7.24. The summed E-state index contributed by atoms with van der Waals surface area (Å²) in [4.78, 5) is 12.9. The third kappa shape index (κ3) is 4.36. The molecule has 2 heterocycles. The number of nitriles is 1. The normalized spacial score (nSPS) is 18.6. The van der Waals surface area contributed by atoms with Crippen LogP contribution in [-0.2, 0) is 22.2 Å². The van der Waals surface area contributed by atoms with Crippen LogP contribution in [-0.4, -0.2) is 23.1 Å². The molecule has 0 N–H and O–H groups in total. The van der Waals surface area contributed by atoms with Gasteiger partial charge in [0.2, 0.25) is 0 Å². The molecule has 0 bridgehead atoms. The van der Waals surface area contributed by atoms with Crippen LogP contribution in [0.1, 0.15) is 36.1 Å². The average Bonchev–Trinajstić information content (AvgIpc) is 2.93. The Labute approximate surface area is 166 Å². The maximum absolute atomic E-state index is 13.6. The van der Waals surface area contributed by atoms with Crippen molar-refractivity contribution in [3.8, 4) is 17.3 Å². The molecule has 5 nitrogen and oxygen atoms in total. The number of pyridine rings is 1. The SMILES string of the molecule is Cc1cc(C)cc(-c2cc(C(F)(F)F)c(C#N)c(=O)n2CC2COC(C)(C)O2)c1. The zero-order chi connectivity index (χ0) is 21.6. The van der Waals surface area contributed by atoms with Gasteiger partial charge in [-0.2, -0.15) is 18.4 Å². The molecule has 3 rings (SSSR count). The molecule has 1 saturated heterocycles. The zero-order valence-electron chi connectivity index (χ0n) is 16.6. The van der Waals surface area contributed by atoms with Gasteiger partial charge >= 0.3 is 6.18 Å². The number of alkyl halides is 3. The average molecular weight is 406 g/mol. The van der Waals surface area contributed by atoms with Crippen LogP contribution >= 0.6 is 0 Å². The number of aromatic nitrogens is 1. The van der Waals surface area contributed by atoms with Crippen molar-refractivity contribution < 1.29 is 22.6 Å². The first-order valence-electron chi connectivity index (χ1n) is 9.07. The Morgan fingerprint density at radius 1 is 1.21 bits per heavy atom. The van der Waals surface area contributed by atoms with Crippen molar-refractivity contribution >= 4 is 0 Å². The summed E-state index contributed by atoms with van der Waals surface area (Å²) in [5, 5.41) is 9.26. The monoisotopic (exact) mass is 406 g/mol. The molecule has 0 spiro atoms. The summed E-state index contributed by atoms with van der Waals surface area (Å²) in [5.41, 5.74) is -0.917. The summed E-state index contributed by atoms with van der Waals surface area (Å²) in [6, 6.07) is 7.60. The van der Waals surface area contributed by atoms with E-state index < -0.39 is 34.8 Å². The molecule has 1 aromatic carbocycles. The summed E-state index contributed by atoms with van der Waals surface area (Å²) >= 11 is 0. The van der Waals surface area contributed by atoms with Gasteiger partial charge in [0.1, 0.15) is 17.7 Å². The number of hydrogen-bond acceptors (Lipinski definition) is 4. The summed E-state index contributed by atoms with van der Waals surface area (Å²) in [7, 11) is 0. The largest absolute Gasteiger partial charge is 0.417 e. The lowest BCUT2D eigenvalue weighted by Gasteiger charge is -2.21. The van der Waals surface area contributed by atoms with Gasteiger partial charge in [0.25, 0.3) is 5.56 Å². The second kappa shape index (κ2) is 7.32. The molecule has 1 atom stereocenters. The van der Waals surface area contributed by atoms with Crippen LogP contribution in [0.2, 0.25) is 0 Å². The lowest BCUT2D eigenvalue weighted by molar-refractivity contribution is -0.139.